The van der Waals surface area contributed by atoms with Crippen LogP contribution in [0.1, 0.15) is 107 Å². The molecule has 0 spiro atoms. The van der Waals surface area contributed by atoms with Crippen LogP contribution in [0.15, 0.2) is 54.6 Å². The Bertz CT molecular complexity index is 2230. The highest BCUT2D eigenvalue weighted by Crippen LogP contribution is 2.67. The van der Waals surface area contributed by atoms with Crippen molar-refractivity contribution < 1.29 is 55.8 Å². The minimum Gasteiger partial charge on any atom is -0.438 e. The van der Waals surface area contributed by atoms with E-state index in [0.29, 0.717) is 36.9 Å². The molecule has 3 aliphatic heterocycles. The van der Waals surface area contributed by atoms with Crippen LogP contribution < -0.4 is 5.32 Å². The van der Waals surface area contributed by atoms with Crippen molar-refractivity contribution in [3.63, 3.8) is 0 Å². The monoisotopic (exact) mass is 898 g/mol. The topological polar surface area (TPSA) is 182 Å². The van der Waals surface area contributed by atoms with E-state index >= 15 is 8.78 Å². The number of likely N-dealkylation sites (tertiary alicyclic amines) is 1. The number of fused-ring (bicyclic) bond motifs is 2. The molecule has 62 heavy (non-hydrogen) atoms. The summed E-state index contributed by atoms with van der Waals surface area (Å²) < 4.78 is 66.7. The van der Waals surface area contributed by atoms with Gasteiger partial charge in [-0.1, -0.05) is 36.4 Å². The zero-order valence-electron chi connectivity index (χ0n) is 35.7. The number of piperidine rings is 1. The summed E-state index contributed by atoms with van der Waals surface area (Å²) in [6.45, 7) is 7.47. The molecule has 1 aromatic heterocycles. The molecule has 0 radical (unpaired) electrons. The fourth-order valence-electron chi connectivity index (χ4n) is 7.96. The summed E-state index contributed by atoms with van der Waals surface area (Å²) in [6.07, 6.45) is 3.55. The van der Waals surface area contributed by atoms with Crippen LogP contribution in [0, 0.1) is 28.1 Å². The van der Waals surface area contributed by atoms with Gasteiger partial charge in [-0.2, -0.15) is 14.0 Å². The Morgan fingerprint density at radius 1 is 0.871 bits per heavy atom. The van der Waals surface area contributed by atoms with Gasteiger partial charge in [0.05, 0.1) is 27.7 Å². The molecular weight excluding hydrogens is 846 g/mol. The Morgan fingerprint density at radius 2 is 1.48 bits per heavy atom. The lowest BCUT2D eigenvalue weighted by Crippen LogP contribution is -2.59. The molecule has 4 heterocycles. The van der Waals surface area contributed by atoms with E-state index in [1.54, 1.807) is 9.80 Å². The molecule has 3 saturated heterocycles. The summed E-state index contributed by atoms with van der Waals surface area (Å²) in [7, 11) is -5.59. The Hall–Kier alpha value is -4.75. The Kier molecular flexibility index (Phi) is 14.0. The van der Waals surface area contributed by atoms with Crippen LogP contribution in [0.2, 0.25) is 0 Å². The maximum atomic E-state index is 16.3. The van der Waals surface area contributed by atoms with Crippen molar-refractivity contribution in [3.8, 4) is 6.07 Å². The van der Waals surface area contributed by atoms with E-state index < -0.39 is 79.1 Å². The minimum atomic E-state index is -5.59. The predicted octanol–water partition coefficient (Wildman–Crippen LogP) is 8.07. The number of nitrogens with one attached hydrogen (secondary N) is 1. The van der Waals surface area contributed by atoms with Crippen molar-refractivity contribution in [2.75, 3.05) is 26.7 Å². The summed E-state index contributed by atoms with van der Waals surface area (Å²) in [6, 6.07) is 14.8. The fraction of sp³-hybridized carbons (Fsp3) is 0.545. The molecule has 2 aromatic carbocycles. The molecule has 14 nitrogen and oxygen atoms in total. The number of alkyl halides is 2. The third kappa shape index (κ3) is 10.0. The van der Waals surface area contributed by atoms with E-state index in [9.17, 15) is 33.8 Å². The van der Waals surface area contributed by atoms with Crippen LogP contribution in [-0.2, 0) is 47.9 Å². The van der Waals surface area contributed by atoms with E-state index in [4.69, 9.17) is 18.5 Å². The van der Waals surface area contributed by atoms with Gasteiger partial charge in [-0.15, -0.1) is 11.3 Å². The number of ether oxygens (including phenoxy) is 2. The smallest absolute Gasteiger partial charge is 0.410 e. The van der Waals surface area contributed by atoms with Gasteiger partial charge in [0.2, 0.25) is 25.4 Å². The first kappa shape index (κ1) is 46.7. The Balaban J connectivity index is 1.18. The maximum Gasteiger partial charge on any atom is 0.410 e. The van der Waals surface area contributed by atoms with Gasteiger partial charge < -0.3 is 24.6 Å². The lowest BCUT2D eigenvalue weighted by Gasteiger charge is -2.42. The number of rotatable bonds is 12. The van der Waals surface area contributed by atoms with E-state index in [0.717, 1.165) is 41.9 Å². The first-order valence-corrected chi connectivity index (χ1v) is 23.0. The average Bonchev–Trinajstić information content (AvgIpc) is 3.83. The van der Waals surface area contributed by atoms with Gasteiger partial charge in [-0.05, 0) is 109 Å². The number of hydrogen-bond donors (Lipinski definition) is 1. The lowest BCUT2D eigenvalue weighted by molar-refractivity contribution is -0.163. The molecule has 334 valence electrons. The predicted molar refractivity (Wildman–Crippen MR) is 225 cm³/mol. The number of nitrogens with zero attached hydrogens (tertiary/aromatic N) is 3. The fourth-order valence-corrected chi connectivity index (χ4v) is 10.1. The van der Waals surface area contributed by atoms with Crippen LogP contribution in [-0.4, -0.2) is 84.3 Å². The first-order valence-electron chi connectivity index (χ1n) is 20.7. The summed E-state index contributed by atoms with van der Waals surface area (Å²) in [5.41, 5.74) is -6.27. The number of hydrogen-bond acceptors (Lipinski definition) is 12. The largest absolute Gasteiger partial charge is 0.438 e. The number of esters is 2. The second-order valence-corrected chi connectivity index (χ2v) is 21.2. The van der Waals surface area contributed by atoms with Gasteiger partial charge in [0.25, 0.3) is 5.91 Å². The zero-order valence-corrected chi connectivity index (χ0v) is 37.4. The molecule has 3 amide bonds. The first-order chi connectivity index (χ1) is 29.1. The molecule has 3 aromatic rings. The molecule has 2 unspecified atom stereocenters. The van der Waals surface area contributed by atoms with E-state index in [-0.39, 0.29) is 40.6 Å². The summed E-state index contributed by atoms with van der Waals surface area (Å²) in [5, 5.41) is 13.0. The van der Waals surface area contributed by atoms with E-state index in [2.05, 4.69) is 11.4 Å². The molecule has 18 heteroatoms. The van der Waals surface area contributed by atoms with Gasteiger partial charge in [0, 0.05) is 35.3 Å². The van der Waals surface area contributed by atoms with Crippen LogP contribution >= 0.6 is 18.9 Å². The molecular formula is C44H53F2N4O10PS. The molecule has 3 fully saturated rings. The number of benzene rings is 2. The van der Waals surface area contributed by atoms with Gasteiger partial charge in [0.15, 0.2) is 0 Å². The van der Waals surface area contributed by atoms with Crippen LogP contribution in [0.3, 0.4) is 0 Å². The SMILES string of the molecule is CC(C)(C)C(=O)OCOP(=O)(OCOC(=O)C(C)(C)C)C(F)(F)c1ccc2sc(C(=O)NC3CCC[C@H]4CCC[C@@H](C(=O)N5CC(c6ccccc6)[C@H](C#N)C5)N4C3=O)cc2c1. The maximum absolute atomic E-state index is 16.3. The van der Waals surface area contributed by atoms with E-state index in [1.165, 1.54) is 53.7 Å². The summed E-state index contributed by atoms with van der Waals surface area (Å²) in [5.74, 6) is -3.37. The molecule has 6 rings (SSSR count). The third-order valence-corrected chi connectivity index (χ3v) is 14.4. The van der Waals surface area contributed by atoms with Gasteiger partial charge in [-0.25, -0.2) is 0 Å². The number of carbonyl (C=O) groups is 5. The second-order valence-electron chi connectivity index (χ2n) is 18.1. The Labute approximate surface area is 363 Å². The molecule has 0 aliphatic carbocycles. The van der Waals surface area contributed by atoms with Gasteiger partial charge in [-0.3, -0.25) is 37.6 Å². The van der Waals surface area contributed by atoms with Crippen LogP contribution in [0.5, 0.6) is 0 Å². The summed E-state index contributed by atoms with van der Waals surface area (Å²) in [4.78, 5) is 70.4. The quantitative estimate of drug-likeness (QED) is 0.105. The van der Waals surface area contributed by atoms with Crippen LogP contribution in [0.25, 0.3) is 10.1 Å². The number of halogens is 2. The highest BCUT2D eigenvalue weighted by molar-refractivity contribution is 7.54. The lowest BCUT2D eigenvalue weighted by atomic mass is 9.90. The van der Waals surface area contributed by atoms with Crippen molar-refractivity contribution in [1.82, 2.24) is 15.1 Å². The average molecular weight is 899 g/mol. The molecule has 0 bridgehead atoms. The highest BCUT2D eigenvalue weighted by atomic mass is 32.1. The van der Waals surface area contributed by atoms with Gasteiger partial charge >= 0.3 is 25.2 Å². The van der Waals surface area contributed by atoms with Crippen molar-refractivity contribution in [2.45, 2.75) is 110 Å². The van der Waals surface area contributed by atoms with Gasteiger partial charge in [0.1, 0.15) is 12.1 Å². The number of nitriles is 1. The normalized spacial score (nSPS) is 22.4. The van der Waals surface area contributed by atoms with E-state index in [1.807, 2.05) is 30.3 Å². The molecule has 1 N–H and O–H groups in total. The molecule has 0 saturated carbocycles. The van der Waals surface area contributed by atoms with Crippen molar-refractivity contribution in [3.05, 3.63) is 70.6 Å². The van der Waals surface area contributed by atoms with Crippen LogP contribution in [0.4, 0.5) is 8.78 Å². The standard InChI is InChI=1S/C44H53F2N4O10PS/c1-42(2,3)40(54)57-25-59-61(56,60-26-58-41(55)43(4,5)6)44(45,46)30-18-19-35-28(20-30)21-36(62-35)37(51)48-33-16-10-14-31-15-11-17-34(50(31)38(33)52)39(53)49-23-29(22-47)32(24-49)27-12-8-7-9-13-27/h7-9,12-13,18-21,29,31-34H,10-11,14-17,23-26H2,1-6H3,(H,48,51)/t29-,31+,32?,33?,34+/m1/s1. The second kappa shape index (κ2) is 18.5. The molecule has 3 aliphatic rings. The number of thiophene rings is 1. The Morgan fingerprint density at radius 3 is 2.08 bits per heavy atom. The third-order valence-electron chi connectivity index (χ3n) is 11.4. The summed E-state index contributed by atoms with van der Waals surface area (Å²) >= 11 is 0.996. The molecule has 5 atom stereocenters. The number of carbonyl (C=O) groups excluding carboxylic acids is 5. The number of amides is 3. The van der Waals surface area contributed by atoms with Crippen molar-refractivity contribution in [2.24, 2.45) is 16.7 Å². The van der Waals surface area contributed by atoms with Crippen molar-refractivity contribution in [1.29, 1.82) is 5.26 Å². The highest BCUT2D eigenvalue weighted by Gasteiger charge is 2.56. The zero-order chi connectivity index (χ0) is 45.2. The van der Waals surface area contributed by atoms with Crippen molar-refractivity contribution >= 4 is 58.7 Å². The minimum absolute atomic E-state index is 0.116.